The van der Waals surface area contributed by atoms with Gasteiger partial charge in [-0.15, -0.1) is 0 Å². The van der Waals surface area contributed by atoms with Crippen LogP contribution in [0.15, 0.2) is 42.5 Å². The van der Waals surface area contributed by atoms with Crippen LogP contribution >= 0.6 is 0 Å². The quantitative estimate of drug-likeness (QED) is 0.306. The molecule has 4 heteroatoms. The van der Waals surface area contributed by atoms with Gasteiger partial charge in [0.15, 0.2) is 0 Å². The predicted octanol–water partition coefficient (Wildman–Crippen LogP) is 5.43. The molecular weight excluding hydrogens is 328 g/mol. The lowest BCUT2D eigenvalue weighted by atomic mass is 10.1. The van der Waals surface area contributed by atoms with E-state index in [1.54, 1.807) is 0 Å². The van der Waals surface area contributed by atoms with E-state index in [1.165, 1.54) is 0 Å². The highest BCUT2D eigenvalue weighted by Gasteiger charge is 2.06. The second-order valence-corrected chi connectivity index (χ2v) is 6.41. The number of rotatable bonds is 11. The SMILES string of the molecule is CCOC(=O)CCCCCCCCC(=O)Oc1ccc2ccccc2c1. The van der Waals surface area contributed by atoms with Crippen LogP contribution in [0.4, 0.5) is 0 Å². The summed E-state index contributed by atoms with van der Waals surface area (Å²) in [5, 5.41) is 2.20. The van der Waals surface area contributed by atoms with Crippen molar-refractivity contribution in [1.29, 1.82) is 0 Å². The Kier molecular flexibility index (Phi) is 8.67. The second kappa shape index (κ2) is 11.3. The molecule has 2 aromatic carbocycles. The van der Waals surface area contributed by atoms with Crippen LogP contribution in [0.3, 0.4) is 0 Å². The summed E-state index contributed by atoms with van der Waals surface area (Å²) in [5.41, 5.74) is 0. The maximum Gasteiger partial charge on any atom is 0.311 e. The maximum absolute atomic E-state index is 11.9. The molecule has 2 aromatic rings. The Morgan fingerprint density at radius 2 is 1.38 bits per heavy atom. The first kappa shape index (κ1) is 20.0. The standard InChI is InChI=1S/C22H28O4/c1-2-25-21(23)13-7-5-3-4-6-8-14-22(24)26-20-16-15-18-11-9-10-12-19(18)17-20/h9-12,15-17H,2-8,13-14H2,1H3. The summed E-state index contributed by atoms with van der Waals surface area (Å²) < 4.78 is 10.3. The second-order valence-electron chi connectivity index (χ2n) is 6.41. The predicted molar refractivity (Wildman–Crippen MR) is 103 cm³/mol. The zero-order valence-corrected chi connectivity index (χ0v) is 15.5. The van der Waals surface area contributed by atoms with Crippen molar-refractivity contribution in [1.82, 2.24) is 0 Å². The third kappa shape index (κ3) is 7.26. The van der Waals surface area contributed by atoms with Crippen LogP contribution in [0.1, 0.15) is 58.3 Å². The summed E-state index contributed by atoms with van der Waals surface area (Å²) in [5.74, 6) is 0.319. The minimum atomic E-state index is -0.178. The smallest absolute Gasteiger partial charge is 0.311 e. The molecule has 4 nitrogen and oxygen atoms in total. The third-order valence-electron chi connectivity index (χ3n) is 4.27. The monoisotopic (exact) mass is 356 g/mol. The zero-order valence-electron chi connectivity index (χ0n) is 15.5. The fourth-order valence-electron chi connectivity index (χ4n) is 2.89. The molecular formula is C22H28O4. The average Bonchev–Trinajstić information content (AvgIpc) is 2.64. The summed E-state index contributed by atoms with van der Waals surface area (Å²) in [7, 11) is 0. The fraction of sp³-hybridized carbons (Fsp3) is 0.455. The zero-order chi connectivity index (χ0) is 18.6. The molecule has 26 heavy (non-hydrogen) atoms. The molecule has 0 unspecified atom stereocenters. The van der Waals surface area contributed by atoms with Gasteiger partial charge in [-0.25, -0.2) is 0 Å². The summed E-state index contributed by atoms with van der Waals surface area (Å²) in [6.07, 6.45) is 6.85. The Bertz CT molecular complexity index is 708. The van der Waals surface area contributed by atoms with Crippen molar-refractivity contribution in [2.45, 2.75) is 58.3 Å². The first-order valence-electron chi connectivity index (χ1n) is 9.54. The van der Waals surface area contributed by atoms with Gasteiger partial charge >= 0.3 is 11.9 Å². The van der Waals surface area contributed by atoms with Crippen LogP contribution in [-0.4, -0.2) is 18.5 Å². The van der Waals surface area contributed by atoms with Crippen molar-refractivity contribution in [2.75, 3.05) is 6.61 Å². The third-order valence-corrected chi connectivity index (χ3v) is 4.27. The number of hydrogen-bond acceptors (Lipinski definition) is 4. The molecule has 0 N–H and O–H groups in total. The minimum Gasteiger partial charge on any atom is -0.466 e. The van der Waals surface area contributed by atoms with Gasteiger partial charge in [0.25, 0.3) is 0 Å². The van der Waals surface area contributed by atoms with E-state index in [-0.39, 0.29) is 11.9 Å². The number of unbranched alkanes of at least 4 members (excludes halogenated alkanes) is 5. The van der Waals surface area contributed by atoms with E-state index in [9.17, 15) is 9.59 Å². The van der Waals surface area contributed by atoms with Gasteiger partial charge < -0.3 is 9.47 Å². The summed E-state index contributed by atoms with van der Waals surface area (Å²) in [6, 6.07) is 13.7. The molecule has 0 saturated carbocycles. The average molecular weight is 356 g/mol. The molecule has 0 heterocycles. The lowest BCUT2D eigenvalue weighted by Crippen LogP contribution is -2.07. The summed E-state index contributed by atoms with van der Waals surface area (Å²) >= 11 is 0. The number of fused-ring (bicyclic) bond motifs is 1. The Morgan fingerprint density at radius 1 is 0.769 bits per heavy atom. The lowest BCUT2D eigenvalue weighted by molar-refractivity contribution is -0.143. The number of benzene rings is 2. The van der Waals surface area contributed by atoms with E-state index in [1.807, 2.05) is 49.4 Å². The van der Waals surface area contributed by atoms with Crippen LogP contribution in [-0.2, 0) is 14.3 Å². The van der Waals surface area contributed by atoms with Gasteiger partial charge in [-0.2, -0.15) is 0 Å². The van der Waals surface area contributed by atoms with Crippen molar-refractivity contribution in [2.24, 2.45) is 0 Å². The van der Waals surface area contributed by atoms with Gasteiger partial charge in [0.05, 0.1) is 6.61 Å². The van der Waals surface area contributed by atoms with E-state index in [4.69, 9.17) is 9.47 Å². The van der Waals surface area contributed by atoms with E-state index >= 15 is 0 Å². The Balaban J connectivity index is 1.55. The van der Waals surface area contributed by atoms with E-state index in [0.717, 1.165) is 49.3 Å². The fourth-order valence-corrected chi connectivity index (χ4v) is 2.89. The van der Waals surface area contributed by atoms with Gasteiger partial charge in [-0.3, -0.25) is 9.59 Å². The molecule has 0 aliphatic carbocycles. The summed E-state index contributed by atoms with van der Waals surface area (Å²) in [4.78, 5) is 23.1. The molecule has 0 saturated heterocycles. The normalized spacial score (nSPS) is 10.7. The van der Waals surface area contributed by atoms with E-state index in [0.29, 0.717) is 25.2 Å². The van der Waals surface area contributed by atoms with Crippen LogP contribution in [0, 0.1) is 0 Å². The van der Waals surface area contributed by atoms with Crippen molar-refractivity contribution in [3.63, 3.8) is 0 Å². The van der Waals surface area contributed by atoms with Crippen LogP contribution in [0.2, 0.25) is 0 Å². The van der Waals surface area contributed by atoms with Gasteiger partial charge in [0, 0.05) is 12.8 Å². The topological polar surface area (TPSA) is 52.6 Å². The van der Waals surface area contributed by atoms with Gasteiger partial charge in [0.2, 0.25) is 0 Å². The molecule has 0 aliphatic rings. The molecule has 140 valence electrons. The van der Waals surface area contributed by atoms with E-state index < -0.39 is 0 Å². The highest BCUT2D eigenvalue weighted by molar-refractivity contribution is 5.84. The highest BCUT2D eigenvalue weighted by atomic mass is 16.5. The first-order valence-corrected chi connectivity index (χ1v) is 9.54. The lowest BCUT2D eigenvalue weighted by Gasteiger charge is -2.06. The van der Waals surface area contributed by atoms with Crippen LogP contribution in [0.5, 0.6) is 5.75 Å². The molecule has 0 aliphatic heterocycles. The Morgan fingerprint density at radius 3 is 2.08 bits per heavy atom. The van der Waals surface area contributed by atoms with E-state index in [2.05, 4.69) is 0 Å². The Labute approximate surface area is 155 Å². The number of hydrogen-bond donors (Lipinski definition) is 0. The molecule has 0 amide bonds. The number of esters is 2. The number of carbonyl (C=O) groups excluding carboxylic acids is 2. The van der Waals surface area contributed by atoms with Crippen molar-refractivity contribution in [3.05, 3.63) is 42.5 Å². The van der Waals surface area contributed by atoms with Gasteiger partial charge in [0.1, 0.15) is 5.75 Å². The molecule has 0 atom stereocenters. The minimum absolute atomic E-state index is 0.107. The molecule has 0 aromatic heterocycles. The highest BCUT2D eigenvalue weighted by Crippen LogP contribution is 2.21. The maximum atomic E-state index is 11.9. The molecule has 2 rings (SSSR count). The van der Waals surface area contributed by atoms with Crippen LogP contribution in [0.25, 0.3) is 10.8 Å². The molecule has 0 spiro atoms. The molecule has 0 radical (unpaired) electrons. The van der Waals surface area contributed by atoms with Gasteiger partial charge in [-0.1, -0.05) is 56.0 Å². The van der Waals surface area contributed by atoms with Crippen molar-refractivity contribution < 1.29 is 19.1 Å². The largest absolute Gasteiger partial charge is 0.466 e. The molecule has 0 fully saturated rings. The Hall–Kier alpha value is -2.36. The molecule has 0 bridgehead atoms. The summed E-state index contributed by atoms with van der Waals surface area (Å²) in [6.45, 7) is 2.27. The number of carbonyl (C=O) groups is 2. The first-order chi connectivity index (χ1) is 12.7. The van der Waals surface area contributed by atoms with Crippen molar-refractivity contribution in [3.8, 4) is 5.75 Å². The van der Waals surface area contributed by atoms with Crippen molar-refractivity contribution >= 4 is 22.7 Å². The van der Waals surface area contributed by atoms with Gasteiger partial charge in [-0.05, 0) is 42.7 Å². The van der Waals surface area contributed by atoms with Crippen LogP contribution < -0.4 is 4.74 Å². The number of ether oxygens (including phenoxy) is 2.